The van der Waals surface area contributed by atoms with Gasteiger partial charge in [-0.25, -0.2) is 0 Å². The van der Waals surface area contributed by atoms with Crippen LogP contribution in [0, 0.1) is 6.92 Å². The second kappa shape index (κ2) is 5.77. The minimum absolute atomic E-state index is 0.0389. The number of nitrogens with one attached hydrogen (secondary N) is 1. The molecule has 0 fully saturated rings. The minimum atomic E-state index is 0.0389. The van der Waals surface area contributed by atoms with Gasteiger partial charge in [-0.2, -0.15) is 0 Å². The number of nitrogens with zero attached hydrogens (tertiary/aromatic N) is 5. The molecular formula is C16H14N6S. The van der Waals surface area contributed by atoms with Gasteiger partial charge in [0, 0.05) is 4.88 Å². The number of benzene rings is 1. The number of tetrazole rings is 1. The Morgan fingerprint density at radius 2 is 1.96 bits per heavy atom. The average Bonchev–Trinajstić information content (AvgIpc) is 3.24. The molecule has 0 saturated carbocycles. The van der Waals surface area contributed by atoms with Crippen molar-refractivity contribution < 1.29 is 0 Å². The first-order valence-corrected chi connectivity index (χ1v) is 8.09. The van der Waals surface area contributed by atoms with E-state index in [0.29, 0.717) is 5.65 Å². The third-order valence-corrected chi connectivity index (χ3v) is 4.54. The van der Waals surface area contributed by atoms with Crippen molar-refractivity contribution >= 4 is 22.8 Å². The van der Waals surface area contributed by atoms with Crippen LogP contribution in [0.1, 0.15) is 22.0 Å². The summed E-state index contributed by atoms with van der Waals surface area (Å²) in [4.78, 5) is 1.23. The first-order chi connectivity index (χ1) is 11.3. The summed E-state index contributed by atoms with van der Waals surface area (Å²) < 4.78 is 1.42. The summed E-state index contributed by atoms with van der Waals surface area (Å²) in [6, 6.07) is 16.5. The second-order valence-corrected chi connectivity index (χ2v) is 6.23. The molecule has 7 heteroatoms. The lowest BCUT2D eigenvalue weighted by atomic mass is 10.0. The molecule has 0 aliphatic carbocycles. The molecule has 1 atom stereocenters. The lowest BCUT2D eigenvalue weighted by molar-refractivity contribution is 0.731. The second-order valence-electron chi connectivity index (χ2n) is 5.25. The van der Waals surface area contributed by atoms with E-state index < -0.39 is 0 Å². The monoisotopic (exact) mass is 322 g/mol. The maximum atomic E-state index is 4.40. The van der Waals surface area contributed by atoms with Crippen LogP contribution in [0.2, 0.25) is 0 Å². The SMILES string of the molecule is Cc1ccc([C@@H](Nc2ccc3nnnn3n2)c2cccs2)cc1. The van der Waals surface area contributed by atoms with Gasteiger partial charge in [0.2, 0.25) is 0 Å². The van der Waals surface area contributed by atoms with E-state index in [2.05, 4.69) is 74.6 Å². The summed E-state index contributed by atoms with van der Waals surface area (Å²) in [5, 5.41) is 21.3. The Kier molecular flexibility index (Phi) is 3.47. The van der Waals surface area contributed by atoms with Gasteiger partial charge in [-0.15, -0.1) is 26.2 Å². The predicted molar refractivity (Wildman–Crippen MR) is 89.5 cm³/mol. The molecule has 6 nitrogen and oxygen atoms in total. The van der Waals surface area contributed by atoms with Crippen LogP contribution in [0.4, 0.5) is 5.82 Å². The summed E-state index contributed by atoms with van der Waals surface area (Å²) in [6.07, 6.45) is 0. The lowest BCUT2D eigenvalue weighted by Gasteiger charge is -2.18. The first-order valence-electron chi connectivity index (χ1n) is 7.21. The highest BCUT2D eigenvalue weighted by Crippen LogP contribution is 2.29. The topological polar surface area (TPSA) is 68.0 Å². The van der Waals surface area contributed by atoms with Gasteiger partial charge in [-0.05, 0) is 46.5 Å². The number of aryl methyl sites for hydroxylation is 1. The van der Waals surface area contributed by atoms with Gasteiger partial charge >= 0.3 is 0 Å². The molecule has 1 N–H and O–H groups in total. The van der Waals surface area contributed by atoms with Crippen LogP contribution < -0.4 is 5.32 Å². The molecule has 0 radical (unpaired) electrons. The zero-order valence-electron chi connectivity index (χ0n) is 12.4. The van der Waals surface area contributed by atoms with E-state index in [4.69, 9.17) is 0 Å². The van der Waals surface area contributed by atoms with E-state index in [-0.39, 0.29) is 6.04 Å². The Balaban J connectivity index is 1.71. The molecule has 0 unspecified atom stereocenters. The number of anilines is 1. The minimum Gasteiger partial charge on any atom is -0.357 e. The number of aromatic nitrogens is 5. The van der Waals surface area contributed by atoms with E-state index >= 15 is 0 Å². The molecule has 0 amide bonds. The molecule has 1 aromatic carbocycles. The average molecular weight is 322 g/mol. The molecule has 3 heterocycles. The zero-order valence-corrected chi connectivity index (χ0v) is 13.2. The molecule has 23 heavy (non-hydrogen) atoms. The maximum absolute atomic E-state index is 4.40. The van der Waals surface area contributed by atoms with Gasteiger partial charge < -0.3 is 5.32 Å². The normalized spacial score (nSPS) is 12.4. The highest BCUT2D eigenvalue weighted by molar-refractivity contribution is 7.10. The number of hydrogen-bond donors (Lipinski definition) is 1. The van der Waals surface area contributed by atoms with Crippen LogP contribution in [0.3, 0.4) is 0 Å². The van der Waals surface area contributed by atoms with Crippen LogP contribution in [0.5, 0.6) is 0 Å². The van der Waals surface area contributed by atoms with E-state index in [1.165, 1.54) is 20.6 Å². The van der Waals surface area contributed by atoms with Crippen molar-refractivity contribution in [3.63, 3.8) is 0 Å². The number of thiophene rings is 1. The largest absolute Gasteiger partial charge is 0.357 e. The van der Waals surface area contributed by atoms with Crippen molar-refractivity contribution in [2.75, 3.05) is 5.32 Å². The molecule has 4 rings (SSSR count). The van der Waals surface area contributed by atoms with Gasteiger partial charge in [0.05, 0.1) is 6.04 Å². The van der Waals surface area contributed by atoms with Gasteiger partial charge in [0.25, 0.3) is 0 Å². The van der Waals surface area contributed by atoms with Crippen LogP contribution in [0.15, 0.2) is 53.9 Å². The fourth-order valence-corrected chi connectivity index (χ4v) is 3.21. The van der Waals surface area contributed by atoms with Gasteiger partial charge in [0.1, 0.15) is 5.82 Å². The van der Waals surface area contributed by atoms with Crippen LogP contribution in [-0.2, 0) is 0 Å². The fourth-order valence-electron chi connectivity index (χ4n) is 2.41. The third kappa shape index (κ3) is 2.78. The van der Waals surface area contributed by atoms with E-state index in [9.17, 15) is 0 Å². The van der Waals surface area contributed by atoms with E-state index in [0.717, 1.165) is 5.82 Å². The fraction of sp³-hybridized carbons (Fsp3) is 0.125. The molecule has 0 bridgehead atoms. The maximum Gasteiger partial charge on any atom is 0.200 e. The summed E-state index contributed by atoms with van der Waals surface area (Å²) in [6.45, 7) is 2.09. The zero-order chi connectivity index (χ0) is 15.6. The highest BCUT2D eigenvalue weighted by Gasteiger charge is 2.16. The Labute approximate surface area is 136 Å². The van der Waals surface area contributed by atoms with Crippen LogP contribution in [0.25, 0.3) is 5.65 Å². The summed E-state index contributed by atoms with van der Waals surface area (Å²) >= 11 is 1.72. The molecule has 0 aliphatic heterocycles. The number of rotatable bonds is 4. The van der Waals surface area contributed by atoms with E-state index in [1.54, 1.807) is 11.3 Å². The molecule has 0 aliphatic rings. The van der Waals surface area contributed by atoms with Crippen molar-refractivity contribution in [3.05, 3.63) is 69.9 Å². The first kappa shape index (κ1) is 13.8. The molecular weight excluding hydrogens is 308 g/mol. The Morgan fingerprint density at radius 1 is 1.09 bits per heavy atom. The van der Waals surface area contributed by atoms with Gasteiger partial charge in [-0.3, -0.25) is 0 Å². The van der Waals surface area contributed by atoms with Crippen molar-refractivity contribution in [1.29, 1.82) is 0 Å². The van der Waals surface area contributed by atoms with Gasteiger partial charge in [0.15, 0.2) is 5.65 Å². The molecule has 0 spiro atoms. The van der Waals surface area contributed by atoms with Crippen molar-refractivity contribution in [2.45, 2.75) is 13.0 Å². The van der Waals surface area contributed by atoms with Gasteiger partial charge in [-0.1, -0.05) is 35.9 Å². The summed E-state index contributed by atoms with van der Waals surface area (Å²) in [5.74, 6) is 0.726. The Bertz CT molecular complexity index is 913. The lowest BCUT2D eigenvalue weighted by Crippen LogP contribution is -2.13. The van der Waals surface area contributed by atoms with Crippen molar-refractivity contribution in [2.24, 2.45) is 0 Å². The van der Waals surface area contributed by atoms with E-state index in [1.807, 2.05) is 12.1 Å². The molecule has 114 valence electrons. The number of fused-ring (bicyclic) bond motifs is 1. The summed E-state index contributed by atoms with van der Waals surface area (Å²) in [7, 11) is 0. The van der Waals surface area contributed by atoms with Crippen molar-refractivity contribution in [3.8, 4) is 0 Å². The third-order valence-electron chi connectivity index (χ3n) is 3.60. The smallest absolute Gasteiger partial charge is 0.200 e. The predicted octanol–water partition coefficient (Wildman–Crippen LogP) is 3.09. The highest BCUT2D eigenvalue weighted by atomic mass is 32.1. The van der Waals surface area contributed by atoms with Crippen LogP contribution >= 0.6 is 11.3 Å². The molecule has 3 aromatic heterocycles. The Hall–Kier alpha value is -2.80. The summed E-state index contributed by atoms with van der Waals surface area (Å²) in [5.41, 5.74) is 3.06. The molecule has 4 aromatic rings. The standard InChI is InChI=1S/C16H14N6S/c1-11-4-6-12(7-5-11)16(13-3-2-10-23-13)17-14-8-9-15-18-20-21-22(15)19-14/h2-10,16H,1H3,(H,17,19)/t16-/m1/s1. The number of hydrogen-bond acceptors (Lipinski definition) is 6. The van der Waals surface area contributed by atoms with Crippen LogP contribution in [-0.4, -0.2) is 25.3 Å². The molecule has 0 saturated heterocycles. The quantitative estimate of drug-likeness (QED) is 0.625. The van der Waals surface area contributed by atoms with Crippen molar-refractivity contribution in [1.82, 2.24) is 25.3 Å². The Morgan fingerprint density at radius 3 is 2.74 bits per heavy atom.